The van der Waals surface area contributed by atoms with Gasteiger partial charge in [0, 0.05) is 11.3 Å². The Morgan fingerprint density at radius 1 is 0.913 bits per heavy atom. The van der Waals surface area contributed by atoms with E-state index in [2.05, 4.69) is 21.5 Å². The number of aryl methyl sites for hydroxylation is 1. The van der Waals surface area contributed by atoms with Crippen molar-refractivity contribution in [2.45, 2.75) is 6.92 Å². The van der Waals surface area contributed by atoms with E-state index in [1.165, 1.54) is 0 Å². The number of thiocarbonyl (C=S) groups is 2. The first-order valence-corrected chi connectivity index (χ1v) is 7.66. The Morgan fingerprint density at radius 3 is 2.30 bits per heavy atom. The second-order valence-corrected chi connectivity index (χ2v) is 5.54. The van der Waals surface area contributed by atoms with Crippen molar-refractivity contribution in [3.63, 3.8) is 0 Å². The second-order valence-electron chi connectivity index (χ2n) is 4.72. The summed E-state index contributed by atoms with van der Waals surface area (Å²) < 4.78 is 0. The largest absolute Gasteiger partial charge is 0.331 e. The molecule has 0 aliphatic carbocycles. The van der Waals surface area contributed by atoms with E-state index in [0.717, 1.165) is 11.3 Å². The highest BCUT2D eigenvalue weighted by Crippen LogP contribution is 2.04. The fourth-order valence-corrected chi connectivity index (χ4v) is 2.10. The van der Waals surface area contributed by atoms with Crippen LogP contribution in [0.25, 0.3) is 0 Å². The Labute approximate surface area is 145 Å². The molecule has 0 spiro atoms. The summed E-state index contributed by atoms with van der Waals surface area (Å²) >= 11 is 10.2. The number of amides is 1. The van der Waals surface area contributed by atoms with Crippen molar-refractivity contribution in [3.05, 3.63) is 65.7 Å². The van der Waals surface area contributed by atoms with Gasteiger partial charge in [-0.2, -0.15) is 0 Å². The van der Waals surface area contributed by atoms with Crippen molar-refractivity contribution in [1.82, 2.24) is 16.2 Å². The maximum absolute atomic E-state index is 12.0. The van der Waals surface area contributed by atoms with Gasteiger partial charge >= 0.3 is 0 Å². The van der Waals surface area contributed by atoms with Crippen LogP contribution in [-0.2, 0) is 0 Å². The predicted molar refractivity (Wildman–Crippen MR) is 100 cm³/mol. The number of anilines is 1. The molecule has 0 unspecified atom stereocenters. The molecular weight excluding hydrogens is 328 g/mol. The monoisotopic (exact) mass is 344 g/mol. The fraction of sp³-hybridized carbons (Fsp3) is 0.0625. The second kappa shape index (κ2) is 8.21. The summed E-state index contributed by atoms with van der Waals surface area (Å²) in [6.07, 6.45) is 0. The van der Waals surface area contributed by atoms with Gasteiger partial charge < -0.3 is 5.32 Å². The van der Waals surface area contributed by atoms with Crippen LogP contribution in [-0.4, -0.2) is 16.1 Å². The quantitative estimate of drug-likeness (QED) is 0.496. The van der Waals surface area contributed by atoms with Crippen LogP contribution in [0.15, 0.2) is 54.6 Å². The Balaban J connectivity index is 1.78. The summed E-state index contributed by atoms with van der Waals surface area (Å²) in [6.45, 7) is 1.92. The highest BCUT2D eigenvalue weighted by Gasteiger charge is 2.07. The van der Waals surface area contributed by atoms with E-state index in [9.17, 15) is 4.79 Å². The summed E-state index contributed by atoms with van der Waals surface area (Å²) in [5.74, 6) is -0.282. The predicted octanol–water partition coefficient (Wildman–Crippen LogP) is 2.50. The van der Waals surface area contributed by atoms with E-state index in [4.69, 9.17) is 24.4 Å². The van der Waals surface area contributed by atoms with Gasteiger partial charge in [-0.3, -0.25) is 21.0 Å². The van der Waals surface area contributed by atoms with Crippen LogP contribution in [0, 0.1) is 6.92 Å². The molecule has 2 aromatic rings. The molecule has 0 bridgehead atoms. The summed E-state index contributed by atoms with van der Waals surface area (Å²) in [5, 5.41) is 6.02. The molecule has 4 N–H and O–H groups in total. The lowest BCUT2D eigenvalue weighted by molar-refractivity contribution is 0.0976. The third-order valence-electron chi connectivity index (χ3n) is 2.83. The van der Waals surface area contributed by atoms with Gasteiger partial charge in [0.05, 0.1) is 0 Å². The number of para-hydroxylation sites is 1. The Bertz CT molecular complexity index is 719. The molecule has 0 saturated carbocycles. The third kappa shape index (κ3) is 5.65. The van der Waals surface area contributed by atoms with Gasteiger partial charge in [0.2, 0.25) is 0 Å². The summed E-state index contributed by atoms with van der Waals surface area (Å²) in [6, 6.07) is 16.7. The number of benzene rings is 2. The van der Waals surface area contributed by atoms with Crippen LogP contribution >= 0.6 is 24.4 Å². The molecule has 7 heteroatoms. The minimum absolute atomic E-state index is 0.133. The van der Waals surface area contributed by atoms with Gasteiger partial charge in [-0.05, 0) is 55.6 Å². The molecule has 0 saturated heterocycles. The van der Waals surface area contributed by atoms with Crippen LogP contribution in [0.4, 0.5) is 5.69 Å². The lowest BCUT2D eigenvalue weighted by atomic mass is 10.1. The Morgan fingerprint density at radius 2 is 1.61 bits per heavy atom. The van der Waals surface area contributed by atoms with Crippen molar-refractivity contribution in [2.75, 3.05) is 5.32 Å². The molecular formula is C16H16N4OS2. The molecule has 0 aliphatic heterocycles. The molecule has 0 fully saturated rings. The van der Waals surface area contributed by atoms with Crippen LogP contribution < -0.4 is 21.5 Å². The van der Waals surface area contributed by atoms with Crippen LogP contribution in [0.5, 0.6) is 0 Å². The lowest BCUT2D eigenvalue weighted by Crippen LogP contribution is -2.49. The smallest absolute Gasteiger partial charge is 0.257 e. The van der Waals surface area contributed by atoms with E-state index in [1.807, 2.05) is 49.4 Å². The molecule has 0 heterocycles. The zero-order chi connectivity index (χ0) is 16.7. The fourth-order valence-electron chi connectivity index (χ4n) is 1.79. The number of carbonyl (C=O) groups is 1. The zero-order valence-electron chi connectivity index (χ0n) is 12.4. The number of hydrazine groups is 1. The van der Waals surface area contributed by atoms with E-state index in [-0.39, 0.29) is 11.0 Å². The van der Waals surface area contributed by atoms with Crippen molar-refractivity contribution in [2.24, 2.45) is 0 Å². The summed E-state index contributed by atoms with van der Waals surface area (Å²) in [4.78, 5) is 12.0. The van der Waals surface area contributed by atoms with Gasteiger partial charge in [-0.1, -0.05) is 35.9 Å². The highest BCUT2D eigenvalue weighted by atomic mass is 32.1. The van der Waals surface area contributed by atoms with Gasteiger partial charge in [0.25, 0.3) is 5.91 Å². The average Bonchev–Trinajstić information content (AvgIpc) is 2.54. The molecule has 0 aliphatic rings. The molecule has 0 radical (unpaired) electrons. The SMILES string of the molecule is Cc1cccc(C(=O)NC(=S)NNC(=S)Nc2ccccc2)c1. The number of rotatable bonds is 2. The number of hydrogen-bond acceptors (Lipinski definition) is 3. The van der Waals surface area contributed by atoms with Crippen LogP contribution in [0.2, 0.25) is 0 Å². The average molecular weight is 344 g/mol. The first kappa shape index (κ1) is 16.9. The zero-order valence-corrected chi connectivity index (χ0v) is 14.1. The molecule has 2 rings (SSSR count). The molecule has 1 amide bonds. The Kier molecular flexibility index (Phi) is 6.02. The highest BCUT2D eigenvalue weighted by molar-refractivity contribution is 7.80. The van der Waals surface area contributed by atoms with Crippen molar-refractivity contribution in [1.29, 1.82) is 0 Å². The number of nitrogens with one attached hydrogen (secondary N) is 4. The minimum Gasteiger partial charge on any atom is -0.331 e. The first-order valence-electron chi connectivity index (χ1n) is 6.84. The third-order valence-corrected chi connectivity index (χ3v) is 3.24. The van der Waals surface area contributed by atoms with Crippen LogP contribution in [0.1, 0.15) is 15.9 Å². The standard InChI is InChI=1S/C16H16N4OS2/c1-11-6-5-7-12(10-11)14(21)18-16(23)20-19-15(22)17-13-8-3-2-4-9-13/h2-10H,1H3,(H2,17,19,22)(H2,18,20,21,23). The normalized spacial score (nSPS) is 9.61. The van der Waals surface area contributed by atoms with Crippen molar-refractivity contribution >= 4 is 46.3 Å². The molecule has 23 heavy (non-hydrogen) atoms. The number of hydrogen-bond donors (Lipinski definition) is 4. The Hall–Kier alpha value is -2.51. The topological polar surface area (TPSA) is 65.2 Å². The van der Waals surface area contributed by atoms with Gasteiger partial charge in [0.15, 0.2) is 10.2 Å². The van der Waals surface area contributed by atoms with E-state index >= 15 is 0 Å². The molecule has 118 valence electrons. The molecule has 5 nitrogen and oxygen atoms in total. The minimum atomic E-state index is -0.282. The van der Waals surface area contributed by atoms with Gasteiger partial charge in [-0.15, -0.1) is 0 Å². The van der Waals surface area contributed by atoms with Gasteiger partial charge in [0.1, 0.15) is 0 Å². The van der Waals surface area contributed by atoms with Crippen LogP contribution in [0.3, 0.4) is 0 Å². The summed E-state index contributed by atoms with van der Waals surface area (Å²) in [5.41, 5.74) is 7.77. The molecule has 0 aromatic heterocycles. The van der Waals surface area contributed by atoms with Gasteiger partial charge in [-0.25, -0.2) is 0 Å². The molecule has 0 atom stereocenters. The molecule has 2 aromatic carbocycles. The van der Waals surface area contributed by atoms with E-state index in [1.54, 1.807) is 12.1 Å². The number of carbonyl (C=O) groups excluding carboxylic acids is 1. The lowest BCUT2D eigenvalue weighted by Gasteiger charge is -2.13. The maximum Gasteiger partial charge on any atom is 0.257 e. The summed E-state index contributed by atoms with van der Waals surface area (Å²) in [7, 11) is 0. The van der Waals surface area contributed by atoms with E-state index < -0.39 is 0 Å². The maximum atomic E-state index is 12.0. The first-order chi connectivity index (χ1) is 11.0. The van der Waals surface area contributed by atoms with Crippen molar-refractivity contribution in [3.8, 4) is 0 Å². The van der Waals surface area contributed by atoms with E-state index in [0.29, 0.717) is 10.7 Å². The van der Waals surface area contributed by atoms with Crippen molar-refractivity contribution < 1.29 is 4.79 Å².